The van der Waals surface area contributed by atoms with Crippen LogP contribution in [0.5, 0.6) is 5.75 Å². The summed E-state index contributed by atoms with van der Waals surface area (Å²) in [6.07, 6.45) is -0.950. The summed E-state index contributed by atoms with van der Waals surface area (Å²) in [5.74, 6) is 0.828. The average Bonchev–Trinajstić information content (AvgIpc) is 2.71. The number of thiophene rings is 1. The van der Waals surface area contributed by atoms with Gasteiger partial charge in [0.15, 0.2) is 6.23 Å². The van der Waals surface area contributed by atoms with E-state index < -0.39 is 6.10 Å². The lowest BCUT2D eigenvalue weighted by molar-refractivity contribution is 0.0230. The molecule has 0 spiro atoms. The number of hydrogen-bond donors (Lipinski definition) is 2. The Morgan fingerprint density at radius 1 is 1.21 bits per heavy atom. The zero-order valence-electron chi connectivity index (χ0n) is 11.3. The molecule has 2 rings (SSSR count). The first-order chi connectivity index (χ1) is 8.58. The van der Waals surface area contributed by atoms with Gasteiger partial charge in [-0.1, -0.05) is 12.1 Å². The Labute approximate surface area is 124 Å². The molecule has 106 valence electrons. The molecule has 0 aliphatic heterocycles. The molecular formula is C14H20ClNO2S. The molecule has 5 heteroatoms. The Morgan fingerprint density at radius 3 is 2.53 bits per heavy atom. The van der Waals surface area contributed by atoms with Crippen molar-refractivity contribution >= 4 is 33.8 Å². The minimum Gasteiger partial charge on any atom is -0.471 e. The summed E-state index contributed by atoms with van der Waals surface area (Å²) in [6.45, 7) is 5.80. The van der Waals surface area contributed by atoms with Crippen molar-refractivity contribution in [3.05, 3.63) is 29.6 Å². The van der Waals surface area contributed by atoms with Crippen LogP contribution in [0.4, 0.5) is 0 Å². The van der Waals surface area contributed by atoms with Crippen LogP contribution in [-0.2, 0) is 0 Å². The predicted octanol–water partition coefficient (Wildman–Crippen LogP) is 3.41. The van der Waals surface area contributed by atoms with E-state index in [1.165, 1.54) is 4.70 Å². The number of rotatable bonds is 5. The molecule has 0 fully saturated rings. The maximum atomic E-state index is 9.75. The van der Waals surface area contributed by atoms with E-state index in [4.69, 9.17) is 4.74 Å². The van der Waals surface area contributed by atoms with Crippen molar-refractivity contribution in [3.63, 3.8) is 0 Å². The Balaban J connectivity index is 0.00000180. The van der Waals surface area contributed by atoms with Gasteiger partial charge in [-0.3, -0.25) is 5.32 Å². The summed E-state index contributed by atoms with van der Waals surface area (Å²) in [5.41, 5.74) is 0. The van der Waals surface area contributed by atoms with E-state index in [2.05, 4.69) is 11.4 Å². The van der Waals surface area contributed by atoms with Gasteiger partial charge in [0.1, 0.15) is 11.9 Å². The van der Waals surface area contributed by atoms with E-state index in [0.717, 1.165) is 11.1 Å². The first-order valence-corrected chi connectivity index (χ1v) is 7.03. The van der Waals surface area contributed by atoms with Gasteiger partial charge in [-0.15, -0.1) is 23.7 Å². The van der Waals surface area contributed by atoms with Crippen LogP contribution in [-0.4, -0.2) is 23.5 Å². The highest BCUT2D eigenvalue weighted by molar-refractivity contribution is 7.17. The molecule has 2 aromatic rings. The van der Waals surface area contributed by atoms with E-state index in [-0.39, 0.29) is 24.7 Å². The van der Waals surface area contributed by atoms with Gasteiger partial charge < -0.3 is 9.84 Å². The predicted molar refractivity (Wildman–Crippen MR) is 83.4 cm³/mol. The fourth-order valence-electron chi connectivity index (χ4n) is 1.78. The largest absolute Gasteiger partial charge is 0.471 e. The molecule has 0 radical (unpaired) electrons. The van der Waals surface area contributed by atoms with Crippen LogP contribution in [0.1, 0.15) is 20.8 Å². The van der Waals surface area contributed by atoms with Gasteiger partial charge in [-0.05, 0) is 32.9 Å². The average molecular weight is 302 g/mol. The van der Waals surface area contributed by atoms with Crippen LogP contribution >= 0.6 is 23.7 Å². The number of aliphatic hydroxyl groups is 1. The summed E-state index contributed by atoms with van der Waals surface area (Å²) in [4.78, 5) is 0. The Hall–Kier alpha value is -0.810. The quantitative estimate of drug-likeness (QED) is 0.832. The summed E-state index contributed by atoms with van der Waals surface area (Å²) >= 11 is 1.65. The number of ether oxygens (including phenoxy) is 1. The molecule has 0 amide bonds. The van der Waals surface area contributed by atoms with Crippen LogP contribution in [0.25, 0.3) is 10.1 Å². The lowest BCUT2D eigenvalue weighted by Gasteiger charge is -2.24. The monoisotopic (exact) mass is 301 g/mol. The van der Waals surface area contributed by atoms with Crippen molar-refractivity contribution < 1.29 is 9.84 Å². The van der Waals surface area contributed by atoms with Crippen molar-refractivity contribution in [1.82, 2.24) is 5.32 Å². The lowest BCUT2D eigenvalue weighted by Crippen LogP contribution is -2.46. The zero-order chi connectivity index (χ0) is 13.1. The molecule has 1 heterocycles. The molecule has 2 unspecified atom stereocenters. The van der Waals surface area contributed by atoms with Crippen LogP contribution in [0, 0.1) is 0 Å². The fraction of sp³-hybridized carbons (Fsp3) is 0.429. The van der Waals surface area contributed by atoms with Crippen molar-refractivity contribution in [1.29, 1.82) is 0 Å². The summed E-state index contributed by atoms with van der Waals surface area (Å²) < 4.78 is 7.09. The number of aliphatic hydroxyl groups excluding tert-OH is 1. The highest BCUT2D eigenvalue weighted by atomic mass is 35.5. The third-order valence-electron chi connectivity index (χ3n) is 2.64. The van der Waals surface area contributed by atoms with Gasteiger partial charge >= 0.3 is 0 Å². The number of hydrogen-bond acceptors (Lipinski definition) is 4. The van der Waals surface area contributed by atoms with E-state index >= 15 is 0 Å². The van der Waals surface area contributed by atoms with Gasteiger partial charge in [0.25, 0.3) is 0 Å². The van der Waals surface area contributed by atoms with Crippen molar-refractivity contribution in [2.75, 3.05) is 0 Å². The Bertz CT molecular complexity index is 513. The smallest absolute Gasteiger partial charge is 0.176 e. The maximum Gasteiger partial charge on any atom is 0.176 e. The third kappa shape index (κ3) is 4.08. The summed E-state index contributed by atoms with van der Waals surface area (Å²) in [6, 6.07) is 8.38. The number of fused-ring (bicyclic) bond motifs is 1. The molecule has 0 saturated carbocycles. The first kappa shape index (κ1) is 16.2. The number of benzene rings is 1. The van der Waals surface area contributed by atoms with Crippen molar-refractivity contribution in [3.8, 4) is 5.75 Å². The second kappa shape index (κ2) is 7.10. The molecule has 1 aromatic heterocycles. The van der Waals surface area contributed by atoms with Crippen LogP contribution < -0.4 is 10.1 Å². The molecule has 2 atom stereocenters. The van der Waals surface area contributed by atoms with Gasteiger partial charge in [0, 0.05) is 21.5 Å². The summed E-state index contributed by atoms with van der Waals surface area (Å²) in [5, 5.41) is 16.0. The van der Waals surface area contributed by atoms with Crippen LogP contribution in [0.3, 0.4) is 0 Å². The van der Waals surface area contributed by atoms with Crippen LogP contribution in [0.15, 0.2) is 29.6 Å². The highest BCUT2D eigenvalue weighted by Crippen LogP contribution is 2.32. The highest BCUT2D eigenvalue weighted by Gasteiger charge is 2.19. The Morgan fingerprint density at radius 2 is 1.89 bits per heavy atom. The third-order valence-corrected chi connectivity index (χ3v) is 3.58. The van der Waals surface area contributed by atoms with Crippen molar-refractivity contribution in [2.24, 2.45) is 0 Å². The van der Waals surface area contributed by atoms with Crippen LogP contribution in [0.2, 0.25) is 0 Å². The normalized spacial score (nSPS) is 14.2. The minimum atomic E-state index is -0.564. The second-order valence-corrected chi connectivity index (χ2v) is 5.61. The molecule has 0 bridgehead atoms. The number of halogens is 1. The molecule has 2 N–H and O–H groups in total. The van der Waals surface area contributed by atoms with E-state index in [9.17, 15) is 5.11 Å². The SMILES string of the molecule is CC(C)NC(Oc1csc2ccccc12)C(C)O.Cl. The molecular weight excluding hydrogens is 282 g/mol. The minimum absolute atomic E-state index is 0. The lowest BCUT2D eigenvalue weighted by atomic mass is 10.2. The molecule has 0 aliphatic rings. The molecule has 1 aromatic carbocycles. The molecule has 3 nitrogen and oxygen atoms in total. The van der Waals surface area contributed by atoms with E-state index in [1.807, 2.05) is 37.4 Å². The first-order valence-electron chi connectivity index (χ1n) is 6.15. The topological polar surface area (TPSA) is 41.5 Å². The van der Waals surface area contributed by atoms with Crippen molar-refractivity contribution in [2.45, 2.75) is 39.1 Å². The fourth-order valence-corrected chi connectivity index (χ4v) is 2.65. The second-order valence-electron chi connectivity index (χ2n) is 4.70. The molecule has 19 heavy (non-hydrogen) atoms. The van der Waals surface area contributed by atoms with E-state index in [0.29, 0.717) is 0 Å². The van der Waals surface area contributed by atoms with Gasteiger partial charge in [0.05, 0.1) is 0 Å². The molecule has 0 aliphatic carbocycles. The summed E-state index contributed by atoms with van der Waals surface area (Å²) in [7, 11) is 0. The maximum absolute atomic E-state index is 9.75. The zero-order valence-corrected chi connectivity index (χ0v) is 12.9. The van der Waals surface area contributed by atoms with Gasteiger partial charge in [-0.25, -0.2) is 0 Å². The molecule has 0 saturated heterocycles. The Kier molecular flexibility index (Phi) is 6.07. The van der Waals surface area contributed by atoms with Gasteiger partial charge in [-0.2, -0.15) is 0 Å². The van der Waals surface area contributed by atoms with Gasteiger partial charge in [0.2, 0.25) is 0 Å². The standard InChI is InChI=1S/C14H19NO2S.ClH/c1-9(2)15-14(10(3)16)17-12-8-18-13-7-5-4-6-11(12)13;/h4-10,14-16H,1-3H3;1H. The number of nitrogens with one attached hydrogen (secondary N) is 1. The van der Waals surface area contributed by atoms with E-state index in [1.54, 1.807) is 18.3 Å².